The zero-order valence-corrected chi connectivity index (χ0v) is 13.7. The van der Waals surface area contributed by atoms with Crippen molar-refractivity contribution in [2.75, 3.05) is 5.32 Å². The Hall–Kier alpha value is -1.95. The summed E-state index contributed by atoms with van der Waals surface area (Å²) >= 11 is 3.42. The van der Waals surface area contributed by atoms with Crippen molar-refractivity contribution < 1.29 is 4.79 Å². The number of hydrogen-bond acceptors (Lipinski definition) is 4. The number of carbonyl (C=O) groups excluding carboxylic acids is 1. The van der Waals surface area contributed by atoms with Gasteiger partial charge in [-0.25, -0.2) is 9.97 Å². The Labute approximate surface area is 132 Å². The maximum absolute atomic E-state index is 12.0. The molecule has 0 bridgehead atoms. The molecule has 1 aromatic heterocycles. The van der Waals surface area contributed by atoms with Crippen LogP contribution in [0.5, 0.6) is 0 Å². The Morgan fingerprint density at radius 2 is 2.00 bits per heavy atom. The van der Waals surface area contributed by atoms with Crippen molar-refractivity contribution in [1.29, 1.82) is 0 Å². The SMILES string of the molecule is Cc1nc(Nc2cccc(Br)c2)cc(C(=O)NC(C)C)n1. The third-order valence-corrected chi connectivity index (χ3v) is 3.08. The molecule has 0 aliphatic heterocycles. The first-order valence-electron chi connectivity index (χ1n) is 6.63. The number of benzene rings is 1. The minimum Gasteiger partial charge on any atom is -0.349 e. The van der Waals surface area contributed by atoms with E-state index >= 15 is 0 Å². The van der Waals surface area contributed by atoms with E-state index in [2.05, 4.69) is 36.5 Å². The molecule has 0 unspecified atom stereocenters. The Balaban J connectivity index is 2.24. The Morgan fingerprint density at radius 3 is 2.67 bits per heavy atom. The predicted molar refractivity (Wildman–Crippen MR) is 86.8 cm³/mol. The summed E-state index contributed by atoms with van der Waals surface area (Å²) < 4.78 is 0.969. The van der Waals surface area contributed by atoms with E-state index < -0.39 is 0 Å². The van der Waals surface area contributed by atoms with Crippen molar-refractivity contribution in [2.24, 2.45) is 0 Å². The molecule has 2 aromatic rings. The van der Waals surface area contributed by atoms with Crippen LogP contribution in [0.1, 0.15) is 30.2 Å². The van der Waals surface area contributed by atoms with Gasteiger partial charge < -0.3 is 10.6 Å². The van der Waals surface area contributed by atoms with Crippen LogP contribution in [0.4, 0.5) is 11.5 Å². The predicted octanol–water partition coefficient (Wildman–Crippen LogP) is 3.43. The molecule has 1 amide bonds. The fourth-order valence-electron chi connectivity index (χ4n) is 1.80. The summed E-state index contributed by atoms with van der Waals surface area (Å²) in [6.07, 6.45) is 0. The number of aromatic nitrogens is 2. The fraction of sp³-hybridized carbons (Fsp3) is 0.267. The molecule has 0 aliphatic carbocycles. The number of anilines is 2. The molecule has 2 rings (SSSR count). The van der Waals surface area contributed by atoms with Gasteiger partial charge in [0.25, 0.3) is 5.91 Å². The molecular formula is C15H17BrN4O. The highest BCUT2D eigenvalue weighted by Gasteiger charge is 2.11. The quantitative estimate of drug-likeness (QED) is 0.888. The zero-order valence-electron chi connectivity index (χ0n) is 12.1. The number of carbonyl (C=O) groups is 1. The Bertz CT molecular complexity index is 658. The first-order chi connectivity index (χ1) is 9.94. The number of nitrogens with zero attached hydrogens (tertiary/aromatic N) is 2. The maximum Gasteiger partial charge on any atom is 0.270 e. The molecule has 5 nitrogen and oxygen atoms in total. The molecule has 0 saturated heterocycles. The average molecular weight is 349 g/mol. The van der Waals surface area contributed by atoms with Gasteiger partial charge in [0.1, 0.15) is 17.3 Å². The van der Waals surface area contributed by atoms with Gasteiger partial charge in [0, 0.05) is 22.3 Å². The number of rotatable bonds is 4. The van der Waals surface area contributed by atoms with E-state index in [1.54, 1.807) is 13.0 Å². The Morgan fingerprint density at radius 1 is 1.24 bits per heavy atom. The van der Waals surface area contributed by atoms with Crippen LogP contribution < -0.4 is 10.6 Å². The molecule has 0 aliphatic rings. The number of amides is 1. The second kappa shape index (κ2) is 6.67. The highest BCUT2D eigenvalue weighted by molar-refractivity contribution is 9.10. The smallest absolute Gasteiger partial charge is 0.270 e. The molecule has 0 spiro atoms. The zero-order chi connectivity index (χ0) is 15.4. The average Bonchev–Trinajstić information content (AvgIpc) is 2.37. The van der Waals surface area contributed by atoms with E-state index in [-0.39, 0.29) is 11.9 Å². The normalized spacial score (nSPS) is 10.5. The van der Waals surface area contributed by atoms with E-state index in [9.17, 15) is 4.79 Å². The van der Waals surface area contributed by atoms with Crippen molar-refractivity contribution in [3.05, 3.63) is 46.3 Å². The highest BCUT2D eigenvalue weighted by atomic mass is 79.9. The van der Waals surface area contributed by atoms with Crippen LogP contribution in [0.3, 0.4) is 0 Å². The van der Waals surface area contributed by atoms with Gasteiger partial charge in [-0.1, -0.05) is 22.0 Å². The molecule has 1 aromatic carbocycles. The summed E-state index contributed by atoms with van der Waals surface area (Å²) in [5.74, 6) is 0.936. The maximum atomic E-state index is 12.0. The lowest BCUT2D eigenvalue weighted by Crippen LogP contribution is -2.31. The molecule has 110 valence electrons. The van der Waals surface area contributed by atoms with Gasteiger partial charge in [-0.05, 0) is 39.0 Å². The number of halogens is 1. The van der Waals surface area contributed by atoms with Gasteiger partial charge in [-0.15, -0.1) is 0 Å². The van der Waals surface area contributed by atoms with E-state index in [1.807, 2.05) is 38.1 Å². The van der Waals surface area contributed by atoms with Crippen LogP contribution in [-0.4, -0.2) is 21.9 Å². The molecule has 0 saturated carbocycles. The molecule has 0 atom stereocenters. The first kappa shape index (κ1) is 15.4. The molecule has 0 radical (unpaired) electrons. The summed E-state index contributed by atoms with van der Waals surface area (Å²) in [5, 5.41) is 6.00. The third kappa shape index (κ3) is 4.53. The molecule has 0 fully saturated rings. The van der Waals surface area contributed by atoms with Crippen LogP contribution >= 0.6 is 15.9 Å². The lowest BCUT2D eigenvalue weighted by Gasteiger charge is -2.11. The lowest BCUT2D eigenvalue weighted by molar-refractivity contribution is 0.0937. The van der Waals surface area contributed by atoms with Crippen LogP contribution in [0.2, 0.25) is 0 Å². The van der Waals surface area contributed by atoms with Crippen molar-refractivity contribution in [3.63, 3.8) is 0 Å². The molecule has 21 heavy (non-hydrogen) atoms. The van der Waals surface area contributed by atoms with Gasteiger partial charge in [-0.3, -0.25) is 4.79 Å². The molecule has 2 N–H and O–H groups in total. The van der Waals surface area contributed by atoms with Crippen LogP contribution in [0.25, 0.3) is 0 Å². The van der Waals surface area contributed by atoms with Crippen molar-refractivity contribution in [2.45, 2.75) is 26.8 Å². The lowest BCUT2D eigenvalue weighted by atomic mass is 10.3. The summed E-state index contributed by atoms with van der Waals surface area (Å²) in [5.41, 5.74) is 1.24. The Kier molecular flexibility index (Phi) is 4.90. The minimum atomic E-state index is -0.201. The van der Waals surface area contributed by atoms with Crippen LogP contribution in [0.15, 0.2) is 34.8 Å². The summed E-state index contributed by atoms with van der Waals surface area (Å²) in [6, 6.07) is 9.44. The summed E-state index contributed by atoms with van der Waals surface area (Å²) in [4.78, 5) is 20.5. The first-order valence-corrected chi connectivity index (χ1v) is 7.42. The van der Waals surface area contributed by atoms with E-state index in [1.165, 1.54) is 0 Å². The van der Waals surface area contributed by atoms with E-state index in [0.29, 0.717) is 17.3 Å². The molecule has 1 heterocycles. The van der Waals surface area contributed by atoms with Gasteiger partial charge in [-0.2, -0.15) is 0 Å². The molecule has 6 heteroatoms. The van der Waals surface area contributed by atoms with Crippen molar-refractivity contribution in [3.8, 4) is 0 Å². The van der Waals surface area contributed by atoms with Crippen molar-refractivity contribution in [1.82, 2.24) is 15.3 Å². The van der Waals surface area contributed by atoms with Gasteiger partial charge in [0.05, 0.1) is 0 Å². The van der Waals surface area contributed by atoms with Gasteiger partial charge in [0.2, 0.25) is 0 Å². The van der Waals surface area contributed by atoms with E-state index in [0.717, 1.165) is 10.2 Å². The highest BCUT2D eigenvalue weighted by Crippen LogP contribution is 2.19. The molecular weight excluding hydrogens is 332 g/mol. The standard InChI is InChI=1S/C15H17BrN4O/c1-9(2)17-15(21)13-8-14(19-10(3)18-13)20-12-6-4-5-11(16)7-12/h4-9H,1-3H3,(H,17,21)(H,18,19,20). The van der Waals surface area contributed by atoms with Gasteiger partial charge >= 0.3 is 0 Å². The van der Waals surface area contributed by atoms with E-state index in [4.69, 9.17) is 0 Å². The number of aryl methyl sites for hydroxylation is 1. The van der Waals surface area contributed by atoms with Crippen LogP contribution in [-0.2, 0) is 0 Å². The second-order valence-corrected chi connectivity index (χ2v) is 5.86. The summed E-state index contributed by atoms with van der Waals surface area (Å²) in [7, 11) is 0. The second-order valence-electron chi connectivity index (χ2n) is 4.95. The van der Waals surface area contributed by atoms with Crippen LogP contribution in [0, 0.1) is 6.92 Å². The number of nitrogens with one attached hydrogen (secondary N) is 2. The largest absolute Gasteiger partial charge is 0.349 e. The summed E-state index contributed by atoms with van der Waals surface area (Å²) in [6.45, 7) is 5.58. The topological polar surface area (TPSA) is 66.9 Å². The van der Waals surface area contributed by atoms with Gasteiger partial charge in [0.15, 0.2) is 0 Å². The number of hydrogen-bond donors (Lipinski definition) is 2. The minimum absolute atomic E-state index is 0.0641. The third-order valence-electron chi connectivity index (χ3n) is 2.59. The monoisotopic (exact) mass is 348 g/mol. The fourth-order valence-corrected chi connectivity index (χ4v) is 2.20. The van der Waals surface area contributed by atoms with Crippen molar-refractivity contribution >= 4 is 33.3 Å².